The van der Waals surface area contributed by atoms with Crippen LogP contribution in [0.2, 0.25) is 0 Å². The first-order chi connectivity index (χ1) is 14.0. The van der Waals surface area contributed by atoms with Gasteiger partial charge in [0.1, 0.15) is 17.1 Å². The smallest absolute Gasteiger partial charge is 0.340 e. The molecule has 0 atom stereocenters. The van der Waals surface area contributed by atoms with E-state index in [1.165, 1.54) is 7.11 Å². The van der Waals surface area contributed by atoms with Crippen molar-refractivity contribution in [3.63, 3.8) is 0 Å². The highest BCUT2D eigenvalue weighted by Crippen LogP contribution is 2.35. The van der Waals surface area contributed by atoms with Crippen molar-refractivity contribution in [3.8, 4) is 11.5 Å². The van der Waals surface area contributed by atoms with E-state index >= 15 is 0 Å². The van der Waals surface area contributed by atoms with Crippen LogP contribution in [0.5, 0.6) is 11.5 Å². The third kappa shape index (κ3) is 3.40. The summed E-state index contributed by atoms with van der Waals surface area (Å²) in [6.45, 7) is 2.70. The summed E-state index contributed by atoms with van der Waals surface area (Å²) in [6.07, 6.45) is -0.121. The minimum atomic E-state index is -0.535. The van der Waals surface area contributed by atoms with Gasteiger partial charge in [-0.1, -0.05) is 6.07 Å². The van der Waals surface area contributed by atoms with E-state index in [9.17, 15) is 9.59 Å². The van der Waals surface area contributed by atoms with E-state index in [0.29, 0.717) is 35.7 Å². The van der Waals surface area contributed by atoms with E-state index in [2.05, 4.69) is 0 Å². The van der Waals surface area contributed by atoms with E-state index < -0.39 is 11.6 Å². The van der Waals surface area contributed by atoms with Crippen LogP contribution in [-0.2, 0) is 22.5 Å². The van der Waals surface area contributed by atoms with Crippen LogP contribution < -0.4 is 20.0 Å². The predicted octanol–water partition coefficient (Wildman–Crippen LogP) is 3.18. The third-order valence-electron chi connectivity index (χ3n) is 5.21. The Labute approximate surface area is 167 Å². The summed E-state index contributed by atoms with van der Waals surface area (Å²) in [5.74, 6) is 0.950. The zero-order valence-corrected chi connectivity index (χ0v) is 16.5. The molecular weight excluding hydrogens is 374 g/mol. The minimum Gasteiger partial charge on any atom is -0.497 e. The molecule has 0 N–H and O–H groups in total. The molecule has 7 heteroatoms. The van der Waals surface area contributed by atoms with Gasteiger partial charge in [0.25, 0.3) is 0 Å². The van der Waals surface area contributed by atoms with E-state index in [-0.39, 0.29) is 6.42 Å². The van der Waals surface area contributed by atoms with Crippen LogP contribution in [0.3, 0.4) is 0 Å². The summed E-state index contributed by atoms with van der Waals surface area (Å²) < 4.78 is 21.6. The fraction of sp³-hybridized carbons (Fsp3) is 0.273. The van der Waals surface area contributed by atoms with Crippen LogP contribution in [0.15, 0.2) is 45.6 Å². The number of hydrogen-bond acceptors (Lipinski definition) is 7. The van der Waals surface area contributed by atoms with Gasteiger partial charge in [0, 0.05) is 17.1 Å². The van der Waals surface area contributed by atoms with Gasteiger partial charge in [-0.15, -0.1) is 0 Å². The lowest BCUT2D eigenvalue weighted by Crippen LogP contribution is -2.32. The maximum Gasteiger partial charge on any atom is 0.340 e. The molecular formula is C22H21NO6. The Hall–Kier alpha value is -3.48. The van der Waals surface area contributed by atoms with E-state index in [1.807, 2.05) is 48.2 Å². The monoisotopic (exact) mass is 395 g/mol. The summed E-state index contributed by atoms with van der Waals surface area (Å²) in [5, 5.41) is 0.776. The standard InChI is InChI=1S/C22H21NO6/c1-13-16-7-8-19-18(21(16)29-22(25)17(13)10-20(24)27-3)11-23(12-28-19)14-5-4-6-15(9-14)26-2/h4-9H,10-12H2,1-3H3. The van der Waals surface area contributed by atoms with Crippen molar-refractivity contribution in [3.05, 3.63) is 63.5 Å². The summed E-state index contributed by atoms with van der Waals surface area (Å²) >= 11 is 0. The zero-order valence-electron chi connectivity index (χ0n) is 16.5. The Bertz CT molecular complexity index is 1150. The van der Waals surface area contributed by atoms with Crippen molar-refractivity contribution in [2.75, 3.05) is 25.9 Å². The second-order valence-electron chi connectivity index (χ2n) is 6.84. The van der Waals surface area contributed by atoms with Gasteiger partial charge in [-0.2, -0.15) is 0 Å². The average molecular weight is 395 g/mol. The van der Waals surface area contributed by atoms with Crippen LogP contribution in [0.1, 0.15) is 16.7 Å². The first kappa shape index (κ1) is 18.9. The molecule has 1 aliphatic rings. The normalized spacial score (nSPS) is 13.0. The molecule has 0 radical (unpaired) electrons. The van der Waals surface area contributed by atoms with Gasteiger partial charge in [-0.3, -0.25) is 4.79 Å². The lowest BCUT2D eigenvalue weighted by Gasteiger charge is -2.31. The average Bonchev–Trinajstić information content (AvgIpc) is 2.76. The second kappa shape index (κ2) is 7.50. The van der Waals surface area contributed by atoms with Crippen LogP contribution in [0.4, 0.5) is 5.69 Å². The molecule has 0 saturated carbocycles. The number of carbonyl (C=O) groups excluding carboxylic acids is 1. The number of hydrogen-bond donors (Lipinski definition) is 0. The second-order valence-corrected chi connectivity index (χ2v) is 6.84. The number of rotatable bonds is 4. The minimum absolute atomic E-state index is 0.121. The predicted molar refractivity (Wildman–Crippen MR) is 108 cm³/mol. The van der Waals surface area contributed by atoms with Crippen LogP contribution >= 0.6 is 0 Å². The molecule has 2 heterocycles. The zero-order chi connectivity index (χ0) is 20.5. The van der Waals surface area contributed by atoms with E-state index in [4.69, 9.17) is 18.6 Å². The number of nitrogens with zero attached hydrogens (tertiary/aromatic N) is 1. The summed E-state index contributed by atoms with van der Waals surface area (Å²) in [6, 6.07) is 11.4. The number of fused-ring (bicyclic) bond motifs is 3. The maximum absolute atomic E-state index is 12.6. The summed E-state index contributed by atoms with van der Waals surface area (Å²) in [7, 11) is 2.92. The largest absolute Gasteiger partial charge is 0.497 e. The van der Waals surface area contributed by atoms with Gasteiger partial charge in [-0.25, -0.2) is 4.79 Å². The molecule has 4 rings (SSSR count). The molecule has 0 unspecified atom stereocenters. The van der Waals surface area contributed by atoms with Crippen molar-refractivity contribution >= 4 is 22.6 Å². The molecule has 0 spiro atoms. The summed E-state index contributed by atoms with van der Waals surface area (Å²) in [4.78, 5) is 26.3. The molecule has 7 nitrogen and oxygen atoms in total. The van der Waals surface area contributed by atoms with Gasteiger partial charge in [0.15, 0.2) is 6.73 Å². The number of benzene rings is 2. The van der Waals surface area contributed by atoms with Crippen LogP contribution in [0, 0.1) is 6.92 Å². The van der Waals surface area contributed by atoms with Crippen molar-refractivity contribution in [1.82, 2.24) is 0 Å². The van der Waals surface area contributed by atoms with Crippen LogP contribution in [-0.4, -0.2) is 26.9 Å². The first-order valence-electron chi connectivity index (χ1n) is 9.18. The van der Waals surface area contributed by atoms with E-state index in [1.54, 1.807) is 7.11 Å². The van der Waals surface area contributed by atoms with Gasteiger partial charge in [0.05, 0.1) is 38.3 Å². The molecule has 0 fully saturated rings. The third-order valence-corrected chi connectivity index (χ3v) is 5.21. The maximum atomic E-state index is 12.6. The molecule has 0 aliphatic carbocycles. The van der Waals surface area contributed by atoms with E-state index in [0.717, 1.165) is 22.4 Å². The molecule has 3 aromatic rings. The highest BCUT2D eigenvalue weighted by atomic mass is 16.5. The lowest BCUT2D eigenvalue weighted by atomic mass is 10.00. The molecule has 1 aliphatic heterocycles. The first-order valence-corrected chi connectivity index (χ1v) is 9.18. The molecule has 0 saturated heterocycles. The van der Waals surface area contributed by atoms with Crippen molar-refractivity contribution < 1.29 is 23.4 Å². The summed E-state index contributed by atoms with van der Waals surface area (Å²) in [5.41, 5.74) is 2.70. The fourth-order valence-electron chi connectivity index (χ4n) is 3.55. The quantitative estimate of drug-likeness (QED) is 0.496. The number of ether oxygens (including phenoxy) is 3. The van der Waals surface area contributed by atoms with Gasteiger partial charge in [-0.05, 0) is 36.8 Å². The molecule has 150 valence electrons. The topological polar surface area (TPSA) is 78.2 Å². The molecule has 0 bridgehead atoms. The number of esters is 1. The van der Waals surface area contributed by atoms with Gasteiger partial charge >= 0.3 is 11.6 Å². The van der Waals surface area contributed by atoms with Gasteiger partial charge in [0.2, 0.25) is 0 Å². The number of anilines is 1. The van der Waals surface area contributed by atoms with Gasteiger partial charge < -0.3 is 23.5 Å². The highest BCUT2D eigenvalue weighted by Gasteiger charge is 2.24. The Kier molecular flexibility index (Phi) is 4.88. The Morgan fingerprint density at radius 1 is 1.21 bits per heavy atom. The lowest BCUT2D eigenvalue weighted by molar-refractivity contribution is -0.139. The van der Waals surface area contributed by atoms with Crippen LogP contribution in [0.25, 0.3) is 11.0 Å². The molecule has 29 heavy (non-hydrogen) atoms. The van der Waals surface area contributed by atoms with Crippen molar-refractivity contribution in [1.29, 1.82) is 0 Å². The van der Waals surface area contributed by atoms with Crippen molar-refractivity contribution in [2.45, 2.75) is 19.9 Å². The number of methoxy groups -OCH3 is 2. The Morgan fingerprint density at radius 2 is 2.03 bits per heavy atom. The Morgan fingerprint density at radius 3 is 2.79 bits per heavy atom. The SMILES string of the molecule is COC(=O)Cc1c(C)c2ccc3c(c2oc1=O)CN(c1cccc(OC)c1)CO3. The van der Waals surface area contributed by atoms with Crippen molar-refractivity contribution in [2.24, 2.45) is 0 Å². The Balaban J connectivity index is 1.78. The fourth-order valence-corrected chi connectivity index (χ4v) is 3.55. The molecule has 2 aromatic carbocycles. The highest BCUT2D eigenvalue weighted by molar-refractivity contribution is 5.87. The molecule has 0 amide bonds. The molecule has 1 aromatic heterocycles. The number of aryl methyl sites for hydroxylation is 1. The number of carbonyl (C=O) groups is 1.